The lowest BCUT2D eigenvalue weighted by Crippen LogP contribution is -2.55. The Hall–Kier alpha value is -6.66. The van der Waals surface area contributed by atoms with E-state index in [1.54, 1.807) is 55.9 Å². The minimum atomic E-state index is -0.858. The van der Waals surface area contributed by atoms with Crippen molar-refractivity contribution in [1.82, 2.24) is 52.3 Å². The van der Waals surface area contributed by atoms with Crippen LogP contribution in [0.5, 0.6) is 0 Å². The molecule has 410 valence electrons. The summed E-state index contributed by atoms with van der Waals surface area (Å²) in [6.07, 6.45) is 10.6. The van der Waals surface area contributed by atoms with Crippen molar-refractivity contribution in [2.24, 2.45) is 0 Å². The van der Waals surface area contributed by atoms with E-state index in [0.717, 1.165) is 49.7 Å². The van der Waals surface area contributed by atoms with E-state index in [9.17, 15) is 38.4 Å². The lowest BCUT2D eigenvalue weighted by molar-refractivity contribution is -0.142. The highest BCUT2D eigenvalue weighted by Crippen LogP contribution is 2.32. The van der Waals surface area contributed by atoms with E-state index in [4.69, 9.17) is 0 Å². The Morgan fingerprint density at radius 2 is 0.947 bits per heavy atom. The Morgan fingerprint density at radius 3 is 1.37 bits per heavy atom. The van der Waals surface area contributed by atoms with Gasteiger partial charge in [-0.25, -0.2) is 0 Å². The van der Waals surface area contributed by atoms with Crippen LogP contribution < -0.4 is 42.5 Å². The van der Waals surface area contributed by atoms with Crippen LogP contribution in [0.15, 0.2) is 72.8 Å². The van der Waals surface area contributed by atoms with Crippen LogP contribution in [0.2, 0.25) is 0 Å². The number of benzene rings is 3. The molecule has 2 saturated heterocycles. The molecule has 2 aliphatic carbocycles. The fourth-order valence-electron chi connectivity index (χ4n) is 11.1. The molecule has 7 rings (SSSR count). The Kier molecular flexibility index (Phi) is 21.0. The van der Waals surface area contributed by atoms with Gasteiger partial charge in [-0.05, 0) is 171 Å². The van der Waals surface area contributed by atoms with Gasteiger partial charge in [0.2, 0.25) is 35.4 Å². The average molecular weight is 1050 g/mol. The third-order valence-corrected chi connectivity index (χ3v) is 15.7. The largest absolute Gasteiger partial charge is 0.352 e. The van der Waals surface area contributed by atoms with Crippen LogP contribution in [-0.4, -0.2) is 134 Å². The molecule has 8 atom stereocenters. The summed E-state index contributed by atoms with van der Waals surface area (Å²) in [6.45, 7) is 4.83. The number of likely N-dealkylation sites (N-methyl/N-ethyl adjacent to an activating group) is 2. The summed E-state index contributed by atoms with van der Waals surface area (Å²) < 4.78 is 0. The number of carbonyl (C=O) groups excluding carboxylic acids is 8. The number of unbranched alkanes of at least 4 members (excludes halogenated alkanes) is 2. The van der Waals surface area contributed by atoms with E-state index in [1.807, 2.05) is 24.3 Å². The highest BCUT2D eigenvalue weighted by atomic mass is 16.2. The van der Waals surface area contributed by atoms with Gasteiger partial charge < -0.3 is 52.3 Å². The van der Waals surface area contributed by atoms with Crippen molar-refractivity contribution in [3.8, 4) is 0 Å². The molecule has 3 aromatic rings. The Bertz CT molecular complexity index is 2370. The van der Waals surface area contributed by atoms with Gasteiger partial charge in [-0.1, -0.05) is 54.6 Å². The van der Waals surface area contributed by atoms with E-state index >= 15 is 0 Å². The molecular formula is C58H80N10O8. The van der Waals surface area contributed by atoms with Crippen LogP contribution in [0.3, 0.4) is 0 Å². The number of amides is 8. The second-order valence-electron chi connectivity index (χ2n) is 20.9. The number of likely N-dealkylation sites (tertiary alicyclic amines) is 2. The Morgan fingerprint density at radius 1 is 0.526 bits per heavy atom. The van der Waals surface area contributed by atoms with E-state index in [0.29, 0.717) is 88.4 Å². The molecule has 0 bridgehead atoms. The number of fused-ring (bicyclic) bond motifs is 2. The number of rotatable bonds is 24. The smallest absolute Gasteiger partial charge is 0.251 e. The molecule has 8 N–H and O–H groups in total. The molecule has 4 aliphatic rings. The van der Waals surface area contributed by atoms with Crippen LogP contribution in [0.25, 0.3) is 0 Å². The zero-order chi connectivity index (χ0) is 54.1. The average Bonchev–Trinajstić information content (AvgIpc) is 4.16. The van der Waals surface area contributed by atoms with Gasteiger partial charge in [-0.15, -0.1) is 0 Å². The Balaban J connectivity index is 0.862. The molecule has 18 nitrogen and oxygen atoms in total. The van der Waals surface area contributed by atoms with Gasteiger partial charge >= 0.3 is 0 Å². The molecule has 76 heavy (non-hydrogen) atoms. The van der Waals surface area contributed by atoms with Crippen LogP contribution in [0, 0.1) is 0 Å². The SMILES string of the molecule is CN[C@@H](C)C(=O)N[C@@H](CCCCNC(=O)c1cccc(C(=O)NCCCC[C@H](NC(=O)[C@@H](C)NC)C(=O)N2CCC[C@H]2C(=O)N[C@@H]2CCCc3ccccc32)c1)C(=O)N1CCC[C@H]1C(=O)N[C@@H]1CCCc2ccccc21. The predicted octanol–water partition coefficient (Wildman–Crippen LogP) is 4.04. The summed E-state index contributed by atoms with van der Waals surface area (Å²) in [5, 5.41) is 23.9. The topological polar surface area (TPSA) is 239 Å². The fourth-order valence-corrected chi connectivity index (χ4v) is 11.1. The van der Waals surface area contributed by atoms with Crippen molar-refractivity contribution < 1.29 is 38.4 Å². The number of nitrogens with one attached hydrogen (secondary N) is 8. The van der Waals surface area contributed by atoms with Crippen molar-refractivity contribution >= 4 is 47.3 Å². The van der Waals surface area contributed by atoms with Crippen molar-refractivity contribution in [1.29, 1.82) is 0 Å². The van der Waals surface area contributed by atoms with Crippen LogP contribution in [0.1, 0.15) is 159 Å². The standard InChI is InChI=1S/C58H80N10O8/c1-37(59-3)51(69)65-47(57(75)67-34-16-30-49(67)55(73)63-45-28-14-20-39-18-5-7-24-43(39)45)26-9-11-32-61-53(71)41-22-13-23-42(36-41)54(72)62-33-12-10-27-48(66-52(70)38(2)60-4)58(76)68-35-17-31-50(68)56(74)64-46-29-15-21-40-19-6-8-25-44(40)46/h5-8,13,18-19,22-25,36-38,45-50,59-60H,9-12,14-17,20-21,26-35H2,1-4H3,(H,61,71)(H,62,72)(H,63,73)(H,64,74)(H,65,69)(H,66,70)/t37-,38+,45-,46-,47+,48+,49+,50+/m1/s1. The molecular weight excluding hydrogens is 965 g/mol. The van der Waals surface area contributed by atoms with Crippen molar-refractivity contribution in [2.75, 3.05) is 40.3 Å². The molecule has 0 aromatic heterocycles. The number of nitrogens with zero attached hydrogens (tertiary/aromatic N) is 2. The van der Waals surface area contributed by atoms with Crippen molar-refractivity contribution in [3.63, 3.8) is 0 Å². The van der Waals surface area contributed by atoms with Crippen LogP contribution >= 0.6 is 0 Å². The first-order chi connectivity index (χ1) is 36.8. The van der Waals surface area contributed by atoms with Gasteiger partial charge in [0.05, 0.1) is 24.2 Å². The summed E-state index contributed by atoms with van der Waals surface area (Å²) in [4.78, 5) is 112. The molecule has 0 radical (unpaired) electrons. The zero-order valence-corrected chi connectivity index (χ0v) is 44.8. The molecule has 3 aromatic carbocycles. The number of hydrogen-bond donors (Lipinski definition) is 8. The maximum absolute atomic E-state index is 14.2. The molecule has 0 unspecified atom stereocenters. The molecule has 8 amide bonds. The first-order valence-corrected chi connectivity index (χ1v) is 27.8. The highest BCUT2D eigenvalue weighted by Gasteiger charge is 2.41. The summed E-state index contributed by atoms with van der Waals surface area (Å²) in [5.74, 6) is -2.34. The molecule has 2 aliphatic heterocycles. The van der Waals surface area contributed by atoms with Crippen molar-refractivity contribution in [2.45, 2.75) is 165 Å². The second kappa shape index (κ2) is 27.9. The lowest BCUT2D eigenvalue weighted by atomic mass is 9.87. The molecule has 0 spiro atoms. The van der Waals surface area contributed by atoms with Gasteiger partial charge in [0.15, 0.2) is 0 Å². The van der Waals surface area contributed by atoms with E-state index in [1.165, 1.54) is 17.2 Å². The van der Waals surface area contributed by atoms with E-state index in [2.05, 4.69) is 66.8 Å². The minimum Gasteiger partial charge on any atom is -0.352 e. The summed E-state index contributed by atoms with van der Waals surface area (Å²) in [6, 6.07) is 18.4. The third-order valence-electron chi connectivity index (χ3n) is 15.7. The number of carbonyl (C=O) groups is 8. The number of aryl methyl sites for hydroxylation is 2. The summed E-state index contributed by atoms with van der Waals surface area (Å²) in [7, 11) is 3.34. The quantitative estimate of drug-likeness (QED) is 0.0600. The van der Waals surface area contributed by atoms with E-state index < -0.39 is 36.3 Å². The molecule has 2 heterocycles. The Labute approximate surface area is 447 Å². The van der Waals surface area contributed by atoms with Crippen molar-refractivity contribution in [3.05, 3.63) is 106 Å². The maximum atomic E-state index is 14.2. The van der Waals surface area contributed by atoms with Gasteiger partial charge in [0.25, 0.3) is 11.8 Å². The normalized spacial score (nSPS) is 20.4. The predicted molar refractivity (Wildman–Crippen MR) is 290 cm³/mol. The maximum Gasteiger partial charge on any atom is 0.251 e. The van der Waals surface area contributed by atoms with E-state index in [-0.39, 0.29) is 72.4 Å². The fraction of sp³-hybridized carbons (Fsp3) is 0.552. The monoisotopic (exact) mass is 1040 g/mol. The highest BCUT2D eigenvalue weighted by molar-refractivity contribution is 6.00. The number of hydrogen-bond acceptors (Lipinski definition) is 10. The first kappa shape index (κ1) is 57.1. The molecule has 2 fully saturated rings. The zero-order valence-electron chi connectivity index (χ0n) is 44.8. The second-order valence-corrected chi connectivity index (χ2v) is 20.9. The lowest BCUT2D eigenvalue weighted by Gasteiger charge is -2.32. The first-order valence-electron chi connectivity index (χ1n) is 27.8. The minimum absolute atomic E-state index is 0.114. The van der Waals surface area contributed by atoms with Crippen LogP contribution in [0.4, 0.5) is 0 Å². The summed E-state index contributed by atoms with van der Waals surface area (Å²) in [5.41, 5.74) is 5.31. The third kappa shape index (κ3) is 14.8. The van der Waals surface area contributed by atoms with Gasteiger partial charge in [-0.3, -0.25) is 38.4 Å². The van der Waals surface area contributed by atoms with Gasteiger partial charge in [-0.2, -0.15) is 0 Å². The van der Waals surface area contributed by atoms with Gasteiger partial charge in [0, 0.05) is 37.3 Å². The molecule has 0 saturated carbocycles. The van der Waals surface area contributed by atoms with Crippen LogP contribution in [-0.2, 0) is 41.6 Å². The van der Waals surface area contributed by atoms with Gasteiger partial charge in [0.1, 0.15) is 24.2 Å². The summed E-state index contributed by atoms with van der Waals surface area (Å²) >= 11 is 0. The molecule has 18 heteroatoms.